The van der Waals surface area contributed by atoms with Crippen molar-refractivity contribution < 1.29 is 9.47 Å². The van der Waals surface area contributed by atoms with Crippen LogP contribution in [0.3, 0.4) is 0 Å². The van der Waals surface area contributed by atoms with Crippen LogP contribution in [0, 0.1) is 0 Å². The van der Waals surface area contributed by atoms with Crippen LogP contribution in [0.25, 0.3) is 0 Å². The SMILES string of the molecule is COc1ccccc1OCC(C)NC(=S)Nc1ccc(Br)cc1. The Morgan fingerprint density at radius 3 is 2.43 bits per heavy atom. The highest BCUT2D eigenvalue weighted by Gasteiger charge is 2.08. The molecule has 0 spiro atoms. The van der Waals surface area contributed by atoms with Gasteiger partial charge in [-0.3, -0.25) is 0 Å². The van der Waals surface area contributed by atoms with Gasteiger partial charge in [0.15, 0.2) is 16.6 Å². The molecule has 6 heteroatoms. The van der Waals surface area contributed by atoms with Crippen LogP contribution in [0.4, 0.5) is 5.69 Å². The summed E-state index contributed by atoms with van der Waals surface area (Å²) in [7, 11) is 1.63. The molecular weight excluding hydrogens is 376 g/mol. The van der Waals surface area contributed by atoms with Gasteiger partial charge in [-0.1, -0.05) is 28.1 Å². The topological polar surface area (TPSA) is 42.5 Å². The summed E-state index contributed by atoms with van der Waals surface area (Å²) in [6.07, 6.45) is 0. The number of nitrogens with one attached hydrogen (secondary N) is 2. The van der Waals surface area contributed by atoms with E-state index in [1.165, 1.54) is 0 Å². The Balaban J connectivity index is 1.81. The normalized spacial score (nSPS) is 11.4. The van der Waals surface area contributed by atoms with Crippen LogP contribution in [0.15, 0.2) is 53.0 Å². The first-order valence-electron chi connectivity index (χ1n) is 7.17. The molecule has 23 heavy (non-hydrogen) atoms. The van der Waals surface area contributed by atoms with Gasteiger partial charge in [0.1, 0.15) is 6.61 Å². The smallest absolute Gasteiger partial charge is 0.171 e. The fourth-order valence-electron chi connectivity index (χ4n) is 1.92. The van der Waals surface area contributed by atoms with E-state index in [-0.39, 0.29) is 6.04 Å². The van der Waals surface area contributed by atoms with Gasteiger partial charge >= 0.3 is 0 Å². The van der Waals surface area contributed by atoms with Gasteiger partial charge < -0.3 is 20.1 Å². The van der Waals surface area contributed by atoms with Gasteiger partial charge in [-0.2, -0.15) is 0 Å². The predicted octanol–water partition coefficient (Wildman–Crippen LogP) is 4.21. The number of ether oxygens (including phenoxy) is 2. The Kier molecular flexibility index (Phi) is 6.67. The molecule has 0 bridgehead atoms. The van der Waals surface area contributed by atoms with Crippen molar-refractivity contribution in [3.05, 3.63) is 53.0 Å². The molecule has 0 aliphatic carbocycles. The number of hydrogen-bond acceptors (Lipinski definition) is 3. The van der Waals surface area contributed by atoms with Crippen molar-refractivity contribution in [2.24, 2.45) is 0 Å². The van der Waals surface area contributed by atoms with Gasteiger partial charge in [0.25, 0.3) is 0 Å². The molecule has 0 aromatic heterocycles. The monoisotopic (exact) mass is 394 g/mol. The number of methoxy groups -OCH3 is 1. The van der Waals surface area contributed by atoms with Crippen molar-refractivity contribution >= 4 is 38.9 Å². The van der Waals surface area contributed by atoms with E-state index in [1.807, 2.05) is 55.5 Å². The van der Waals surface area contributed by atoms with Crippen molar-refractivity contribution in [1.82, 2.24) is 5.32 Å². The molecule has 0 heterocycles. The minimum Gasteiger partial charge on any atom is -0.493 e. The highest BCUT2D eigenvalue weighted by Crippen LogP contribution is 2.25. The lowest BCUT2D eigenvalue weighted by atomic mass is 10.3. The third-order valence-electron chi connectivity index (χ3n) is 3.04. The highest BCUT2D eigenvalue weighted by molar-refractivity contribution is 9.10. The maximum absolute atomic E-state index is 5.78. The second kappa shape index (κ2) is 8.74. The zero-order valence-corrected chi connectivity index (χ0v) is 15.4. The Morgan fingerprint density at radius 2 is 1.78 bits per heavy atom. The van der Waals surface area contributed by atoms with E-state index in [2.05, 4.69) is 26.6 Å². The standard InChI is InChI=1S/C17H19BrN2O2S/c1-12(11-22-16-6-4-3-5-15(16)21-2)19-17(23)20-14-9-7-13(18)8-10-14/h3-10,12H,11H2,1-2H3,(H2,19,20,23). The zero-order valence-electron chi connectivity index (χ0n) is 13.0. The average Bonchev–Trinajstić information content (AvgIpc) is 2.55. The minimum absolute atomic E-state index is 0.0513. The summed E-state index contributed by atoms with van der Waals surface area (Å²) >= 11 is 8.71. The zero-order chi connectivity index (χ0) is 16.7. The largest absolute Gasteiger partial charge is 0.493 e. The first kappa shape index (κ1) is 17.6. The van der Waals surface area contributed by atoms with Gasteiger partial charge in [-0.05, 0) is 55.5 Å². The third-order valence-corrected chi connectivity index (χ3v) is 3.79. The summed E-state index contributed by atoms with van der Waals surface area (Å²) in [5.41, 5.74) is 0.934. The number of hydrogen-bond donors (Lipinski definition) is 2. The van der Waals surface area contributed by atoms with Crippen molar-refractivity contribution in [3.63, 3.8) is 0 Å². The molecule has 2 aromatic rings. The van der Waals surface area contributed by atoms with E-state index in [0.717, 1.165) is 21.7 Å². The third kappa shape index (κ3) is 5.73. The van der Waals surface area contributed by atoms with Gasteiger partial charge in [-0.15, -0.1) is 0 Å². The Hall–Kier alpha value is -1.79. The van der Waals surface area contributed by atoms with Gasteiger partial charge in [0.2, 0.25) is 0 Å². The van der Waals surface area contributed by atoms with E-state index < -0.39 is 0 Å². The summed E-state index contributed by atoms with van der Waals surface area (Å²) < 4.78 is 12.1. The number of anilines is 1. The van der Waals surface area contributed by atoms with Crippen molar-refractivity contribution in [2.45, 2.75) is 13.0 Å². The molecule has 0 saturated heterocycles. The van der Waals surface area contributed by atoms with Crippen molar-refractivity contribution in [3.8, 4) is 11.5 Å². The molecule has 0 radical (unpaired) electrons. The number of benzene rings is 2. The Labute approximate surface area is 150 Å². The first-order valence-corrected chi connectivity index (χ1v) is 8.37. The molecule has 0 saturated carbocycles. The Bertz CT molecular complexity index is 649. The molecular formula is C17H19BrN2O2S. The predicted molar refractivity (Wildman–Crippen MR) is 101 cm³/mol. The van der Waals surface area contributed by atoms with Crippen LogP contribution in [-0.2, 0) is 0 Å². The number of thiocarbonyl (C=S) groups is 1. The quantitative estimate of drug-likeness (QED) is 0.718. The fraction of sp³-hybridized carbons (Fsp3) is 0.235. The van der Waals surface area contributed by atoms with E-state index >= 15 is 0 Å². The van der Waals surface area contributed by atoms with E-state index in [1.54, 1.807) is 7.11 Å². The maximum Gasteiger partial charge on any atom is 0.171 e. The minimum atomic E-state index is 0.0513. The summed E-state index contributed by atoms with van der Waals surface area (Å²) in [5, 5.41) is 6.89. The van der Waals surface area contributed by atoms with Crippen LogP contribution >= 0.6 is 28.1 Å². The molecule has 1 unspecified atom stereocenters. The summed E-state index contributed by atoms with van der Waals surface area (Å²) in [4.78, 5) is 0. The van der Waals surface area contributed by atoms with E-state index in [0.29, 0.717) is 11.7 Å². The first-order chi connectivity index (χ1) is 11.1. The number of halogens is 1. The molecule has 2 aromatic carbocycles. The van der Waals surface area contributed by atoms with Crippen LogP contribution in [0.1, 0.15) is 6.92 Å². The summed E-state index contributed by atoms with van der Waals surface area (Å²) in [6, 6.07) is 15.4. The average molecular weight is 395 g/mol. The number of para-hydroxylation sites is 2. The number of rotatable bonds is 6. The molecule has 0 aliphatic rings. The Morgan fingerprint density at radius 1 is 1.13 bits per heavy atom. The van der Waals surface area contributed by atoms with Crippen LogP contribution in [0.5, 0.6) is 11.5 Å². The molecule has 122 valence electrons. The fourth-order valence-corrected chi connectivity index (χ4v) is 2.50. The van der Waals surface area contributed by atoms with Gasteiger partial charge in [0.05, 0.1) is 13.2 Å². The van der Waals surface area contributed by atoms with Gasteiger partial charge in [0, 0.05) is 10.2 Å². The van der Waals surface area contributed by atoms with Crippen molar-refractivity contribution in [1.29, 1.82) is 0 Å². The molecule has 2 N–H and O–H groups in total. The molecule has 0 amide bonds. The molecule has 0 aliphatic heterocycles. The molecule has 1 atom stereocenters. The van der Waals surface area contributed by atoms with Crippen LogP contribution < -0.4 is 20.1 Å². The van der Waals surface area contributed by atoms with Crippen LogP contribution in [-0.4, -0.2) is 24.9 Å². The second-order valence-corrected chi connectivity index (χ2v) is 6.29. The van der Waals surface area contributed by atoms with E-state index in [9.17, 15) is 0 Å². The molecule has 2 rings (SSSR count). The van der Waals surface area contributed by atoms with Gasteiger partial charge in [-0.25, -0.2) is 0 Å². The lowest BCUT2D eigenvalue weighted by Crippen LogP contribution is -2.39. The highest BCUT2D eigenvalue weighted by atomic mass is 79.9. The van der Waals surface area contributed by atoms with Crippen LogP contribution in [0.2, 0.25) is 0 Å². The summed E-state index contributed by atoms with van der Waals surface area (Å²) in [5.74, 6) is 1.44. The molecule has 0 fully saturated rings. The second-order valence-electron chi connectivity index (χ2n) is 4.97. The lowest BCUT2D eigenvalue weighted by molar-refractivity contribution is 0.270. The molecule has 4 nitrogen and oxygen atoms in total. The van der Waals surface area contributed by atoms with E-state index in [4.69, 9.17) is 21.7 Å². The maximum atomic E-state index is 5.78. The lowest BCUT2D eigenvalue weighted by Gasteiger charge is -2.18. The van der Waals surface area contributed by atoms with Crippen molar-refractivity contribution in [2.75, 3.05) is 19.0 Å². The summed E-state index contributed by atoms with van der Waals surface area (Å²) in [6.45, 7) is 2.48.